The molecule has 0 bridgehead atoms. The quantitative estimate of drug-likeness (QED) is 0.496. The minimum Gasteiger partial charge on any atom is -0.356 e. The summed E-state index contributed by atoms with van der Waals surface area (Å²) in [6.07, 6.45) is 0.817. The largest absolute Gasteiger partial charge is 0.356 e. The third-order valence-corrected chi connectivity index (χ3v) is 5.40. The molecule has 0 heterocycles. The first kappa shape index (κ1) is 20.2. The van der Waals surface area contributed by atoms with Gasteiger partial charge < -0.3 is 10.6 Å². The van der Waals surface area contributed by atoms with Crippen LogP contribution in [0.3, 0.4) is 0 Å². The summed E-state index contributed by atoms with van der Waals surface area (Å²) in [7, 11) is -0.362. The molecule has 0 saturated carbocycles. The lowest BCUT2D eigenvalue weighted by Crippen LogP contribution is -2.37. The Balaban J connectivity index is 1.88. The van der Waals surface area contributed by atoms with Gasteiger partial charge in [0.1, 0.15) is 0 Å². The molecule has 140 valence electrons. The fourth-order valence-electron chi connectivity index (χ4n) is 2.36. The number of halogens is 1. The van der Waals surface area contributed by atoms with Crippen molar-refractivity contribution in [2.45, 2.75) is 17.9 Å². The zero-order chi connectivity index (χ0) is 19.0. The van der Waals surface area contributed by atoms with Crippen LogP contribution in [-0.2, 0) is 23.0 Å². The van der Waals surface area contributed by atoms with Crippen LogP contribution >= 0.6 is 11.6 Å². The standard InChI is InChI=1S/C18H23ClN4O2S/c1-20-18(22-10-9-14-5-3-7-16(19)11-14)23-13-15-6-4-8-17(12-15)26(24,25)21-2/h3-8,11-12,21H,9-10,13H2,1-2H3,(H2,20,22,23). The van der Waals surface area contributed by atoms with Gasteiger partial charge in [-0.25, -0.2) is 13.1 Å². The molecule has 2 aromatic rings. The second-order valence-corrected chi connectivity index (χ2v) is 7.91. The highest BCUT2D eigenvalue weighted by Gasteiger charge is 2.11. The number of hydrogen-bond acceptors (Lipinski definition) is 3. The van der Waals surface area contributed by atoms with Crippen molar-refractivity contribution in [3.8, 4) is 0 Å². The summed E-state index contributed by atoms with van der Waals surface area (Å²) >= 11 is 5.98. The van der Waals surface area contributed by atoms with Crippen molar-refractivity contribution in [1.82, 2.24) is 15.4 Å². The first-order chi connectivity index (χ1) is 12.4. The van der Waals surface area contributed by atoms with Crippen LogP contribution < -0.4 is 15.4 Å². The monoisotopic (exact) mass is 394 g/mol. The van der Waals surface area contributed by atoms with Gasteiger partial charge in [0.05, 0.1) is 4.90 Å². The Morgan fingerprint density at radius 2 is 1.81 bits per heavy atom. The van der Waals surface area contributed by atoms with E-state index in [1.165, 1.54) is 7.05 Å². The third-order valence-electron chi connectivity index (χ3n) is 3.76. The van der Waals surface area contributed by atoms with Gasteiger partial charge in [-0.2, -0.15) is 0 Å². The molecule has 6 nitrogen and oxygen atoms in total. The summed E-state index contributed by atoms with van der Waals surface area (Å²) in [5.41, 5.74) is 1.99. The second kappa shape index (κ2) is 9.56. The SMILES string of the molecule is CN=C(NCCc1cccc(Cl)c1)NCc1cccc(S(=O)(=O)NC)c1. The van der Waals surface area contributed by atoms with Crippen LogP contribution in [-0.4, -0.2) is 35.0 Å². The Hall–Kier alpha value is -2.09. The topological polar surface area (TPSA) is 82.6 Å². The van der Waals surface area contributed by atoms with Crippen molar-refractivity contribution >= 4 is 27.6 Å². The van der Waals surface area contributed by atoms with Crippen molar-refractivity contribution in [2.24, 2.45) is 4.99 Å². The summed E-state index contributed by atoms with van der Waals surface area (Å²) in [6, 6.07) is 14.5. The van der Waals surface area contributed by atoms with Crippen molar-refractivity contribution in [2.75, 3.05) is 20.6 Å². The fraction of sp³-hybridized carbons (Fsp3) is 0.278. The van der Waals surface area contributed by atoms with E-state index in [0.717, 1.165) is 22.6 Å². The molecule has 0 amide bonds. The smallest absolute Gasteiger partial charge is 0.240 e. The van der Waals surface area contributed by atoms with E-state index in [1.54, 1.807) is 25.2 Å². The molecule has 0 atom stereocenters. The predicted molar refractivity (Wildman–Crippen MR) is 106 cm³/mol. The molecule has 2 aromatic carbocycles. The summed E-state index contributed by atoms with van der Waals surface area (Å²) < 4.78 is 26.1. The van der Waals surface area contributed by atoms with Crippen molar-refractivity contribution in [3.05, 3.63) is 64.7 Å². The summed E-state index contributed by atoms with van der Waals surface area (Å²) in [5, 5.41) is 7.13. The van der Waals surface area contributed by atoms with E-state index in [-0.39, 0.29) is 4.90 Å². The van der Waals surface area contributed by atoms with Crippen LogP contribution in [0.1, 0.15) is 11.1 Å². The number of aliphatic imine (C=N–C) groups is 1. The maximum absolute atomic E-state index is 11.9. The van der Waals surface area contributed by atoms with Gasteiger partial charge in [0.25, 0.3) is 0 Å². The normalized spacial score (nSPS) is 12.0. The molecule has 0 aromatic heterocycles. The van der Waals surface area contributed by atoms with Gasteiger partial charge in [0.2, 0.25) is 10.0 Å². The van der Waals surface area contributed by atoms with E-state index in [0.29, 0.717) is 19.0 Å². The zero-order valence-corrected chi connectivity index (χ0v) is 16.4. The predicted octanol–water partition coefficient (Wildman–Crippen LogP) is 2.16. The number of nitrogens with one attached hydrogen (secondary N) is 3. The van der Waals surface area contributed by atoms with Gasteiger partial charge in [-0.3, -0.25) is 4.99 Å². The number of guanidine groups is 1. The maximum atomic E-state index is 11.9. The fourth-order valence-corrected chi connectivity index (χ4v) is 3.38. The molecule has 0 unspecified atom stereocenters. The van der Waals surface area contributed by atoms with Crippen LogP contribution in [0.2, 0.25) is 5.02 Å². The number of sulfonamides is 1. The van der Waals surface area contributed by atoms with Crippen LogP contribution in [0.15, 0.2) is 58.4 Å². The van der Waals surface area contributed by atoms with E-state index < -0.39 is 10.0 Å². The van der Waals surface area contributed by atoms with Crippen LogP contribution in [0.4, 0.5) is 0 Å². The van der Waals surface area contributed by atoms with E-state index in [4.69, 9.17) is 11.6 Å². The Labute approximate surface area is 159 Å². The lowest BCUT2D eigenvalue weighted by atomic mass is 10.1. The molecular formula is C18H23ClN4O2S. The highest BCUT2D eigenvalue weighted by molar-refractivity contribution is 7.89. The second-order valence-electron chi connectivity index (χ2n) is 5.59. The van der Waals surface area contributed by atoms with E-state index in [1.807, 2.05) is 30.3 Å². The van der Waals surface area contributed by atoms with Gasteiger partial charge in [0, 0.05) is 25.2 Å². The van der Waals surface area contributed by atoms with E-state index >= 15 is 0 Å². The minimum absolute atomic E-state index is 0.239. The molecule has 0 fully saturated rings. The first-order valence-electron chi connectivity index (χ1n) is 8.16. The molecule has 0 aliphatic heterocycles. The lowest BCUT2D eigenvalue weighted by molar-refractivity contribution is 0.588. The van der Waals surface area contributed by atoms with Gasteiger partial charge >= 0.3 is 0 Å². The Bertz CT molecular complexity index is 869. The summed E-state index contributed by atoms with van der Waals surface area (Å²) in [4.78, 5) is 4.42. The molecule has 0 spiro atoms. The van der Waals surface area contributed by atoms with Gasteiger partial charge in [-0.05, 0) is 48.9 Å². The average Bonchev–Trinajstić information content (AvgIpc) is 2.65. The Kier molecular flexibility index (Phi) is 7.44. The van der Waals surface area contributed by atoms with Crippen molar-refractivity contribution in [1.29, 1.82) is 0 Å². The summed E-state index contributed by atoms with van der Waals surface area (Å²) in [6.45, 7) is 1.16. The molecule has 3 N–H and O–H groups in total. The van der Waals surface area contributed by atoms with Crippen LogP contribution in [0.25, 0.3) is 0 Å². The third kappa shape index (κ3) is 6.01. The maximum Gasteiger partial charge on any atom is 0.240 e. The molecule has 0 radical (unpaired) electrons. The zero-order valence-electron chi connectivity index (χ0n) is 14.8. The molecule has 0 saturated heterocycles. The van der Waals surface area contributed by atoms with Gasteiger partial charge in [0.15, 0.2) is 5.96 Å². The summed E-state index contributed by atoms with van der Waals surface area (Å²) in [5.74, 6) is 0.647. The van der Waals surface area contributed by atoms with E-state index in [2.05, 4.69) is 20.3 Å². The van der Waals surface area contributed by atoms with Gasteiger partial charge in [-0.15, -0.1) is 0 Å². The number of nitrogens with zero attached hydrogens (tertiary/aromatic N) is 1. The minimum atomic E-state index is -3.45. The molecule has 0 aliphatic carbocycles. The molecule has 26 heavy (non-hydrogen) atoms. The van der Waals surface area contributed by atoms with Crippen molar-refractivity contribution < 1.29 is 8.42 Å². The number of rotatable bonds is 7. The lowest BCUT2D eigenvalue weighted by Gasteiger charge is -2.12. The first-order valence-corrected chi connectivity index (χ1v) is 10.0. The molecule has 2 rings (SSSR count). The average molecular weight is 395 g/mol. The van der Waals surface area contributed by atoms with Crippen LogP contribution in [0, 0.1) is 0 Å². The number of hydrogen-bond donors (Lipinski definition) is 3. The molecule has 8 heteroatoms. The Morgan fingerprint density at radius 1 is 1.08 bits per heavy atom. The Morgan fingerprint density at radius 3 is 2.50 bits per heavy atom. The van der Waals surface area contributed by atoms with Crippen LogP contribution in [0.5, 0.6) is 0 Å². The number of benzene rings is 2. The molecular weight excluding hydrogens is 372 g/mol. The van der Waals surface area contributed by atoms with E-state index in [9.17, 15) is 8.42 Å². The van der Waals surface area contributed by atoms with Crippen molar-refractivity contribution in [3.63, 3.8) is 0 Å². The van der Waals surface area contributed by atoms with Gasteiger partial charge in [-0.1, -0.05) is 35.9 Å². The molecule has 0 aliphatic rings. The highest BCUT2D eigenvalue weighted by Crippen LogP contribution is 2.11. The highest BCUT2D eigenvalue weighted by atomic mass is 35.5.